The lowest BCUT2D eigenvalue weighted by Crippen LogP contribution is -2.12. The summed E-state index contributed by atoms with van der Waals surface area (Å²) in [5.74, 6) is 0.277. The van der Waals surface area contributed by atoms with E-state index in [1.807, 2.05) is 26.8 Å². The molecule has 0 radical (unpaired) electrons. The molecule has 0 bridgehead atoms. The van der Waals surface area contributed by atoms with Crippen molar-refractivity contribution in [1.29, 1.82) is 0 Å². The van der Waals surface area contributed by atoms with E-state index in [1.165, 1.54) is 0 Å². The molecule has 1 aromatic rings. The van der Waals surface area contributed by atoms with Gasteiger partial charge in [-0.05, 0) is 26.8 Å². The highest BCUT2D eigenvalue weighted by molar-refractivity contribution is 6.23. The van der Waals surface area contributed by atoms with Crippen molar-refractivity contribution >= 4 is 17.5 Å². The monoisotopic (exact) mass is 185 g/mol. The van der Waals surface area contributed by atoms with E-state index in [2.05, 4.69) is 9.97 Å². The average Bonchev–Trinajstić information content (AvgIpc) is 1.82. The SMILES string of the molecule is Cc1cc(C(C)(C)Cl)nc(N)n1. The number of nitrogens with two attached hydrogens (primary N) is 1. The summed E-state index contributed by atoms with van der Waals surface area (Å²) in [7, 11) is 0. The minimum atomic E-state index is -0.484. The lowest BCUT2D eigenvalue weighted by atomic mass is 10.1. The Morgan fingerprint density at radius 2 is 2.00 bits per heavy atom. The van der Waals surface area contributed by atoms with E-state index in [-0.39, 0.29) is 5.95 Å². The van der Waals surface area contributed by atoms with E-state index in [4.69, 9.17) is 17.3 Å². The second-order valence-corrected chi connectivity index (χ2v) is 4.17. The highest BCUT2D eigenvalue weighted by Crippen LogP contribution is 2.26. The molecule has 3 nitrogen and oxygen atoms in total. The molecular weight excluding hydrogens is 174 g/mol. The minimum absolute atomic E-state index is 0.277. The van der Waals surface area contributed by atoms with Crippen LogP contribution >= 0.6 is 11.6 Å². The molecule has 0 unspecified atom stereocenters. The molecule has 4 heteroatoms. The molecule has 1 rings (SSSR count). The van der Waals surface area contributed by atoms with Gasteiger partial charge in [-0.25, -0.2) is 9.97 Å². The van der Waals surface area contributed by atoms with Crippen LogP contribution in [-0.2, 0) is 4.87 Å². The summed E-state index contributed by atoms with van der Waals surface area (Å²) in [6, 6.07) is 1.84. The van der Waals surface area contributed by atoms with Gasteiger partial charge in [0.1, 0.15) is 0 Å². The van der Waals surface area contributed by atoms with E-state index in [0.717, 1.165) is 11.4 Å². The number of aryl methyl sites for hydroxylation is 1. The molecule has 0 fully saturated rings. The molecule has 2 N–H and O–H groups in total. The van der Waals surface area contributed by atoms with Crippen LogP contribution in [0.3, 0.4) is 0 Å². The zero-order valence-electron chi connectivity index (χ0n) is 7.43. The van der Waals surface area contributed by atoms with Crippen LogP contribution in [0.1, 0.15) is 25.2 Å². The summed E-state index contributed by atoms with van der Waals surface area (Å²) in [6.07, 6.45) is 0. The van der Waals surface area contributed by atoms with Gasteiger partial charge in [0.25, 0.3) is 0 Å². The van der Waals surface area contributed by atoms with Crippen molar-refractivity contribution in [3.05, 3.63) is 17.5 Å². The van der Waals surface area contributed by atoms with Gasteiger partial charge in [-0.3, -0.25) is 0 Å². The Bertz CT molecular complexity index is 271. The third-order valence-corrected chi connectivity index (χ3v) is 1.67. The maximum absolute atomic E-state index is 6.06. The topological polar surface area (TPSA) is 51.8 Å². The van der Waals surface area contributed by atoms with Crippen LogP contribution in [0.4, 0.5) is 5.95 Å². The van der Waals surface area contributed by atoms with E-state index in [1.54, 1.807) is 0 Å². The van der Waals surface area contributed by atoms with Crippen LogP contribution in [0.15, 0.2) is 6.07 Å². The fourth-order valence-electron chi connectivity index (χ4n) is 0.896. The van der Waals surface area contributed by atoms with Crippen molar-refractivity contribution in [2.24, 2.45) is 0 Å². The third-order valence-electron chi connectivity index (χ3n) is 1.48. The van der Waals surface area contributed by atoms with Crippen LogP contribution in [0.2, 0.25) is 0 Å². The first-order chi connectivity index (χ1) is 5.39. The second kappa shape index (κ2) is 2.90. The number of aromatic nitrogens is 2. The number of hydrogen-bond acceptors (Lipinski definition) is 3. The molecule has 1 aromatic heterocycles. The number of nitrogen functional groups attached to an aromatic ring is 1. The van der Waals surface area contributed by atoms with Gasteiger partial charge < -0.3 is 5.73 Å². The molecule has 0 atom stereocenters. The molecule has 0 saturated heterocycles. The number of anilines is 1. The van der Waals surface area contributed by atoms with Gasteiger partial charge in [0.05, 0.1) is 10.6 Å². The Hall–Kier alpha value is -0.830. The molecule has 1 heterocycles. The minimum Gasteiger partial charge on any atom is -0.368 e. The normalized spacial score (nSPS) is 11.7. The van der Waals surface area contributed by atoms with Crippen LogP contribution in [-0.4, -0.2) is 9.97 Å². The summed E-state index contributed by atoms with van der Waals surface area (Å²) in [4.78, 5) is 7.51. The van der Waals surface area contributed by atoms with Gasteiger partial charge >= 0.3 is 0 Å². The molecule has 0 aliphatic heterocycles. The highest BCUT2D eigenvalue weighted by atomic mass is 35.5. The number of alkyl halides is 1. The predicted octanol–water partition coefficient (Wildman–Crippen LogP) is 1.84. The molecule has 0 aliphatic carbocycles. The van der Waals surface area contributed by atoms with Gasteiger partial charge in [-0.15, -0.1) is 11.6 Å². The fraction of sp³-hybridized carbons (Fsp3) is 0.500. The van der Waals surface area contributed by atoms with Gasteiger partial charge in [-0.2, -0.15) is 0 Å². The van der Waals surface area contributed by atoms with Gasteiger partial charge in [0.2, 0.25) is 5.95 Å². The average molecular weight is 186 g/mol. The fourth-order valence-corrected chi connectivity index (χ4v) is 0.993. The number of hydrogen-bond donors (Lipinski definition) is 1. The van der Waals surface area contributed by atoms with Crippen molar-refractivity contribution in [3.63, 3.8) is 0 Å². The van der Waals surface area contributed by atoms with Crippen molar-refractivity contribution in [2.45, 2.75) is 25.6 Å². The summed E-state index contributed by atoms with van der Waals surface area (Å²) >= 11 is 6.06. The summed E-state index contributed by atoms with van der Waals surface area (Å²) in [6.45, 7) is 5.61. The zero-order valence-corrected chi connectivity index (χ0v) is 8.18. The van der Waals surface area contributed by atoms with Crippen LogP contribution in [0.5, 0.6) is 0 Å². The van der Waals surface area contributed by atoms with Gasteiger partial charge in [-0.1, -0.05) is 0 Å². The zero-order chi connectivity index (χ0) is 9.35. The first kappa shape index (κ1) is 9.26. The standard InChI is InChI=1S/C8H12ClN3/c1-5-4-6(8(2,3)9)12-7(10)11-5/h4H,1-3H3,(H2,10,11,12). The molecule has 0 saturated carbocycles. The van der Waals surface area contributed by atoms with E-state index in [0.29, 0.717) is 0 Å². The molecule has 0 aromatic carbocycles. The molecule has 0 spiro atoms. The summed E-state index contributed by atoms with van der Waals surface area (Å²) in [5.41, 5.74) is 7.07. The molecular formula is C8H12ClN3. The van der Waals surface area contributed by atoms with Crippen molar-refractivity contribution in [2.75, 3.05) is 5.73 Å². The van der Waals surface area contributed by atoms with Gasteiger partial charge in [0, 0.05) is 5.69 Å². The summed E-state index contributed by atoms with van der Waals surface area (Å²) < 4.78 is 0. The third kappa shape index (κ3) is 2.08. The van der Waals surface area contributed by atoms with Crippen molar-refractivity contribution in [3.8, 4) is 0 Å². The van der Waals surface area contributed by atoms with E-state index in [9.17, 15) is 0 Å². The Labute approximate surface area is 77.0 Å². The lowest BCUT2D eigenvalue weighted by Gasteiger charge is -2.15. The Morgan fingerprint density at radius 1 is 1.42 bits per heavy atom. The summed E-state index contributed by atoms with van der Waals surface area (Å²) in [5, 5.41) is 0. The van der Waals surface area contributed by atoms with Crippen LogP contribution < -0.4 is 5.73 Å². The molecule has 12 heavy (non-hydrogen) atoms. The highest BCUT2D eigenvalue weighted by Gasteiger charge is 2.19. The number of rotatable bonds is 1. The van der Waals surface area contributed by atoms with Crippen molar-refractivity contribution in [1.82, 2.24) is 9.97 Å². The van der Waals surface area contributed by atoms with Crippen LogP contribution in [0.25, 0.3) is 0 Å². The second-order valence-electron chi connectivity index (χ2n) is 3.23. The largest absolute Gasteiger partial charge is 0.368 e. The Balaban J connectivity index is 3.18. The molecule has 0 aliphatic rings. The maximum atomic E-state index is 6.06. The first-order valence-corrected chi connectivity index (χ1v) is 4.08. The molecule has 66 valence electrons. The van der Waals surface area contributed by atoms with E-state index < -0.39 is 4.87 Å². The number of nitrogens with zero attached hydrogens (tertiary/aromatic N) is 2. The van der Waals surface area contributed by atoms with Crippen LogP contribution in [0, 0.1) is 6.92 Å². The predicted molar refractivity (Wildman–Crippen MR) is 50.1 cm³/mol. The smallest absolute Gasteiger partial charge is 0.220 e. The van der Waals surface area contributed by atoms with Gasteiger partial charge in [0.15, 0.2) is 0 Å². The number of halogens is 1. The Kier molecular flexibility index (Phi) is 2.24. The quantitative estimate of drug-likeness (QED) is 0.680. The first-order valence-electron chi connectivity index (χ1n) is 3.70. The Morgan fingerprint density at radius 3 is 2.42 bits per heavy atom. The lowest BCUT2D eigenvalue weighted by molar-refractivity contribution is 0.726. The van der Waals surface area contributed by atoms with E-state index >= 15 is 0 Å². The molecule has 0 amide bonds. The van der Waals surface area contributed by atoms with Crippen molar-refractivity contribution < 1.29 is 0 Å². The maximum Gasteiger partial charge on any atom is 0.220 e.